The van der Waals surface area contributed by atoms with Gasteiger partial charge in [0.2, 0.25) is 0 Å². The zero-order chi connectivity index (χ0) is 14.5. The normalized spacial score (nSPS) is 12.4. The predicted octanol–water partition coefficient (Wildman–Crippen LogP) is 1.64. The number of rotatable bonds is 5. The van der Waals surface area contributed by atoms with Crippen molar-refractivity contribution in [2.75, 3.05) is 6.54 Å². The molecule has 0 radical (unpaired) electrons. The Morgan fingerprint density at radius 1 is 1.15 bits per heavy atom. The quantitative estimate of drug-likeness (QED) is 0.871. The monoisotopic (exact) mass is 278 g/mol. The van der Waals surface area contributed by atoms with E-state index in [2.05, 4.69) is 9.97 Å². The summed E-state index contributed by atoms with van der Waals surface area (Å²) < 4.78 is 26.7. The molecule has 0 bridgehead atoms. The zero-order valence-electron chi connectivity index (χ0n) is 10.9. The number of aromatic nitrogens is 2. The summed E-state index contributed by atoms with van der Waals surface area (Å²) in [5.41, 5.74) is 12.2. The van der Waals surface area contributed by atoms with Crippen LogP contribution in [0.5, 0.6) is 0 Å². The number of hydrogen-bond acceptors (Lipinski definition) is 4. The Bertz CT molecular complexity index is 572. The third kappa shape index (κ3) is 3.55. The highest BCUT2D eigenvalue weighted by Gasteiger charge is 2.09. The van der Waals surface area contributed by atoms with Gasteiger partial charge in [-0.25, -0.2) is 18.7 Å². The van der Waals surface area contributed by atoms with Crippen molar-refractivity contribution < 1.29 is 8.78 Å². The lowest BCUT2D eigenvalue weighted by molar-refractivity contribution is 0.579. The summed E-state index contributed by atoms with van der Waals surface area (Å²) in [6, 6.07) is 4.59. The maximum absolute atomic E-state index is 14.0. The van der Waals surface area contributed by atoms with Crippen molar-refractivity contribution in [2.24, 2.45) is 11.5 Å². The Morgan fingerprint density at radius 3 is 2.45 bits per heavy atom. The van der Waals surface area contributed by atoms with E-state index in [0.717, 1.165) is 12.4 Å². The maximum atomic E-state index is 14.0. The number of halogens is 2. The van der Waals surface area contributed by atoms with E-state index in [4.69, 9.17) is 11.5 Å². The number of nitrogens with two attached hydrogens (primary N) is 2. The molecule has 106 valence electrons. The van der Waals surface area contributed by atoms with E-state index in [1.165, 1.54) is 6.07 Å². The Labute approximate surface area is 115 Å². The Morgan fingerprint density at radius 2 is 1.85 bits per heavy atom. The summed E-state index contributed by atoms with van der Waals surface area (Å²) in [5, 5.41) is 0. The second kappa shape index (κ2) is 6.49. The highest BCUT2D eigenvalue weighted by molar-refractivity contribution is 5.55. The summed E-state index contributed by atoms with van der Waals surface area (Å²) in [7, 11) is 0. The van der Waals surface area contributed by atoms with Gasteiger partial charge in [0.05, 0.1) is 12.4 Å². The van der Waals surface area contributed by atoms with Gasteiger partial charge in [0.1, 0.15) is 5.82 Å². The van der Waals surface area contributed by atoms with E-state index in [1.54, 1.807) is 12.1 Å². The zero-order valence-corrected chi connectivity index (χ0v) is 10.9. The third-order valence-corrected chi connectivity index (χ3v) is 3.02. The van der Waals surface area contributed by atoms with Gasteiger partial charge in [-0.1, -0.05) is 12.1 Å². The van der Waals surface area contributed by atoms with E-state index >= 15 is 0 Å². The van der Waals surface area contributed by atoms with Crippen molar-refractivity contribution >= 4 is 0 Å². The van der Waals surface area contributed by atoms with Crippen molar-refractivity contribution in [2.45, 2.75) is 18.9 Å². The molecule has 2 aromatic rings. The molecule has 4 N–H and O–H groups in total. The van der Waals surface area contributed by atoms with E-state index in [9.17, 15) is 8.78 Å². The van der Waals surface area contributed by atoms with Gasteiger partial charge >= 0.3 is 0 Å². The molecule has 1 atom stereocenters. The molecule has 0 aliphatic carbocycles. The van der Waals surface area contributed by atoms with Gasteiger partial charge in [-0.2, -0.15) is 0 Å². The average Bonchev–Trinajstić information content (AvgIpc) is 2.46. The highest BCUT2D eigenvalue weighted by Crippen LogP contribution is 2.19. The molecule has 2 rings (SSSR count). The van der Waals surface area contributed by atoms with E-state index in [-0.39, 0.29) is 17.7 Å². The van der Waals surface area contributed by atoms with Crippen LogP contribution in [-0.2, 0) is 6.42 Å². The molecule has 0 fully saturated rings. The van der Waals surface area contributed by atoms with Crippen LogP contribution >= 0.6 is 0 Å². The Kier molecular flexibility index (Phi) is 4.70. The molecule has 0 aliphatic rings. The molecule has 1 heterocycles. The van der Waals surface area contributed by atoms with Crippen molar-refractivity contribution in [3.63, 3.8) is 0 Å². The largest absolute Gasteiger partial charge is 0.329 e. The lowest BCUT2D eigenvalue weighted by Crippen LogP contribution is -2.30. The number of nitrogens with zero attached hydrogens (tertiary/aromatic N) is 2. The summed E-state index contributed by atoms with van der Waals surface area (Å²) >= 11 is 0. The fourth-order valence-electron chi connectivity index (χ4n) is 1.81. The van der Waals surface area contributed by atoms with Crippen LogP contribution in [-0.4, -0.2) is 22.6 Å². The summed E-state index contributed by atoms with van der Waals surface area (Å²) in [6.07, 6.45) is 3.25. The lowest BCUT2D eigenvalue weighted by Gasteiger charge is -2.09. The van der Waals surface area contributed by atoms with Gasteiger partial charge in [-0.15, -0.1) is 0 Å². The minimum atomic E-state index is -0.526. The molecule has 1 aromatic carbocycles. The van der Waals surface area contributed by atoms with E-state index in [1.807, 2.05) is 0 Å². The molecule has 1 aromatic heterocycles. The SMILES string of the molecule is NCC(N)CCc1ccc(-c2ncc(F)cn2)cc1F. The molecular formula is C14H16F2N4. The standard InChI is InChI=1S/C14H16F2N4/c15-11-7-19-14(20-8-11)10-2-1-9(13(16)5-10)3-4-12(18)6-17/h1-2,5,7-8,12H,3-4,6,17-18H2. The fraction of sp³-hybridized carbons (Fsp3) is 0.286. The van der Waals surface area contributed by atoms with Crippen LogP contribution in [0.4, 0.5) is 8.78 Å². The fourth-order valence-corrected chi connectivity index (χ4v) is 1.81. The second-order valence-corrected chi connectivity index (χ2v) is 4.57. The molecule has 0 spiro atoms. The van der Waals surface area contributed by atoms with Crippen LogP contribution in [0.25, 0.3) is 11.4 Å². The summed E-state index contributed by atoms with van der Waals surface area (Å²) in [4.78, 5) is 7.63. The third-order valence-electron chi connectivity index (χ3n) is 3.02. The van der Waals surface area contributed by atoms with Crippen LogP contribution in [0.2, 0.25) is 0 Å². The van der Waals surface area contributed by atoms with Crippen LogP contribution in [0.3, 0.4) is 0 Å². The van der Waals surface area contributed by atoms with Gasteiger partial charge in [0, 0.05) is 18.2 Å². The van der Waals surface area contributed by atoms with Crippen molar-refractivity contribution in [3.05, 3.63) is 47.8 Å². The predicted molar refractivity (Wildman–Crippen MR) is 72.7 cm³/mol. The van der Waals surface area contributed by atoms with Crippen LogP contribution < -0.4 is 11.5 Å². The number of hydrogen-bond donors (Lipinski definition) is 2. The maximum Gasteiger partial charge on any atom is 0.159 e. The first-order chi connectivity index (χ1) is 9.60. The summed E-state index contributed by atoms with van der Waals surface area (Å²) in [6.45, 7) is 0.378. The molecular weight excluding hydrogens is 262 g/mol. The molecule has 0 saturated carbocycles. The second-order valence-electron chi connectivity index (χ2n) is 4.57. The lowest BCUT2D eigenvalue weighted by atomic mass is 10.0. The number of benzene rings is 1. The van der Waals surface area contributed by atoms with Crippen LogP contribution in [0.1, 0.15) is 12.0 Å². The van der Waals surface area contributed by atoms with E-state index in [0.29, 0.717) is 30.5 Å². The van der Waals surface area contributed by atoms with E-state index < -0.39 is 5.82 Å². The van der Waals surface area contributed by atoms with Crippen LogP contribution in [0.15, 0.2) is 30.6 Å². The topological polar surface area (TPSA) is 77.8 Å². The van der Waals surface area contributed by atoms with Crippen LogP contribution in [0, 0.1) is 11.6 Å². The first-order valence-electron chi connectivity index (χ1n) is 6.32. The molecule has 0 saturated heterocycles. The molecule has 0 aliphatic heterocycles. The minimum absolute atomic E-state index is 0.130. The van der Waals surface area contributed by atoms with Crippen molar-refractivity contribution in [1.29, 1.82) is 0 Å². The van der Waals surface area contributed by atoms with Crippen molar-refractivity contribution in [1.82, 2.24) is 9.97 Å². The molecule has 0 amide bonds. The summed E-state index contributed by atoms with van der Waals surface area (Å²) in [5.74, 6) is -0.586. The van der Waals surface area contributed by atoms with Gasteiger partial charge in [-0.05, 0) is 24.5 Å². The van der Waals surface area contributed by atoms with Gasteiger partial charge < -0.3 is 11.5 Å². The van der Waals surface area contributed by atoms with Gasteiger partial charge in [-0.3, -0.25) is 0 Å². The first kappa shape index (κ1) is 14.5. The average molecular weight is 278 g/mol. The Balaban J connectivity index is 2.15. The Hall–Kier alpha value is -1.92. The molecule has 4 nitrogen and oxygen atoms in total. The van der Waals surface area contributed by atoms with Crippen molar-refractivity contribution in [3.8, 4) is 11.4 Å². The highest BCUT2D eigenvalue weighted by atomic mass is 19.1. The molecule has 1 unspecified atom stereocenters. The minimum Gasteiger partial charge on any atom is -0.329 e. The molecule has 20 heavy (non-hydrogen) atoms. The molecule has 6 heteroatoms. The smallest absolute Gasteiger partial charge is 0.159 e. The number of aryl methyl sites for hydroxylation is 1. The van der Waals surface area contributed by atoms with Gasteiger partial charge in [0.15, 0.2) is 11.6 Å². The van der Waals surface area contributed by atoms with Gasteiger partial charge in [0.25, 0.3) is 0 Å². The first-order valence-corrected chi connectivity index (χ1v) is 6.32.